The van der Waals surface area contributed by atoms with Crippen molar-refractivity contribution in [1.29, 1.82) is 0 Å². The molecule has 0 aromatic heterocycles. The van der Waals surface area contributed by atoms with Crippen molar-refractivity contribution in [3.63, 3.8) is 0 Å². The first-order chi connectivity index (χ1) is 8.45. The van der Waals surface area contributed by atoms with Gasteiger partial charge >= 0.3 is 0 Å². The lowest BCUT2D eigenvalue weighted by molar-refractivity contribution is 0.273. The predicted molar refractivity (Wildman–Crippen MR) is 72.6 cm³/mol. The first kappa shape index (κ1) is 10.3. The van der Waals surface area contributed by atoms with Gasteiger partial charge in [-0.2, -0.15) is 0 Å². The summed E-state index contributed by atoms with van der Waals surface area (Å²) in [6.45, 7) is 2.30. The highest BCUT2D eigenvalue weighted by Gasteiger charge is 2.42. The van der Waals surface area contributed by atoms with Gasteiger partial charge in [-0.15, -0.1) is 11.8 Å². The van der Waals surface area contributed by atoms with Crippen LogP contribution in [-0.4, -0.2) is 30.1 Å². The van der Waals surface area contributed by atoms with Crippen molar-refractivity contribution in [3.05, 3.63) is 33.7 Å². The molecule has 4 aliphatic rings. The van der Waals surface area contributed by atoms with Crippen molar-refractivity contribution in [2.24, 2.45) is 0 Å². The molecule has 4 rings (SSSR count). The van der Waals surface area contributed by atoms with E-state index >= 15 is 0 Å². The topological polar surface area (TPSA) is 15.3 Å². The van der Waals surface area contributed by atoms with Crippen molar-refractivity contribution in [1.82, 2.24) is 10.2 Å². The maximum absolute atomic E-state index is 3.55. The first-order valence-electron chi connectivity index (χ1n) is 6.66. The van der Waals surface area contributed by atoms with Gasteiger partial charge in [-0.05, 0) is 59.8 Å². The van der Waals surface area contributed by atoms with Gasteiger partial charge in [0.05, 0.1) is 12.1 Å². The van der Waals surface area contributed by atoms with Crippen LogP contribution in [0.25, 0.3) is 0 Å². The van der Waals surface area contributed by atoms with Crippen LogP contribution in [0.4, 0.5) is 0 Å². The van der Waals surface area contributed by atoms with Gasteiger partial charge in [0, 0.05) is 12.7 Å². The fourth-order valence-corrected chi connectivity index (χ4v) is 4.53. The van der Waals surface area contributed by atoms with Gasteiger partial charge in [0.15, 0.2) is 0 Å². The molecule has 0 radical (unpaired) electrons. The molecule has 3 heterocycles. The molecule has 90 valence electrons. The second-order valence-electron chi connectivity index (χ2n) is 5.35. The molecule has 0 amide bonds. The van der Waals surface area contributed by atoms with Crippen LogP contribution in [0.3, 0.4) is 0 Å². The van der Waals surface area contributed by atoms with Crippen molar-refractivity contribution in [3.8, 4) is 0 Å². The molecule has 2 atom stereocenters. The second kappa shape index (κ2) is 3.92. The van der Waals surface area contributed by atoms with Gasteiger partial charge in [-0.1, -0.05) is 0 Å². The van der Waals surface area contributed by atoms with E-state index in [1.54, 1.807) is 16.7 Å². The summed E-state index contributed by atoms with van der Waals surface area (Å²) < 4.78 is 0. The maximum Gasteiger partial charge on any atom is 0.0728 e. The molecule has 0 aromatic rings. The summed E-state index contributed by atoms with van der Waals surface area (Å²) in [6, 6.07) is 1.31. The van der Waals surface area contributed by atoms with Gasteiger partial charge in [0.2, 0.25) is 0 Å². The average Bonchev–Trinajstić information content (AvgIpc) is 2.56. The Hall–Kier alpha value is -0.670. The highest BCUT2D eigenvalue weighted by Crippen LogP contribution is 2.45. The number of hydrogen-bond donors (Lipinski definition) is 1. The van der Waals surface area contributed by atoms with Gasteiger partial charge in [-0.25, -0.2) is 0 Å². The zero-order valence-corrected chi connectivity index (χ0v) is 10.8. The highest BCUT2D eigenvalue weighted by molar-refractivity contribution is 8.04. The fraction of sp³-hybridized carbons (Fsp3) is 0.571. The standard InChI is InChI=1S/C14H18N2S/c1-2-10-9-17-7-6-16-13-4-5-15-8-12(13)11(3-1)14(10)16/h6-7,9,13-15H,1-5,8H2/t13-,14+/m1/s1. The minimum atomic E-state index is 0.620. The Morgan fingerprint density at radius 2 is 2.29 bits per heavy atom. The summed E-state index contributed by atoms with van der Waals surface area (Å²) in [5, 5.41) is 8.20. The SMILES string of the molecule is C1=CN2[C@H]3C(=CS1)CCCC3=C1CNCC[C@H]12. The van der Waals surface area contributed by atoms with E-state index < -0.39 is 0 Å². The number of hydrogen-bond acceptors (Lipinski definition) is 3. The molecule has 2 fully saturated rings. The van der Waals surface area contributed by atoms with Crippen molar-refractivity contribution in [2.75, 3.05) is 13.1 Å². The van der Waals surface area contributed by atoms with E-state index in [9.17, 15) is 0 Å². The predicted octanol–water partition coefficient (Wildman–Crippen LogP) is 2.61. The monoisotopic (exact) mass is 246 g/mol. The van der Waals surface area contributed by atoms with Crippen molar-refractivity contribution in [2.45, 2.75) is 37.8 Å². The zero-order valence-electron chi connectivity index (χ0n) is 9.98. The molecule has 1 saturated heterocycles. The molecule has 3 heteroatoms. The summed E-state index contributed by atoms with van der Waals surface area (Å²) >= 11 is 1.86. The average molecular weight is 246 g/mol. The second-order valence-corrected chi connectivity index (χ2v) is 6.13. The van der Waals surface area contributed by atoms with E-state index in [1.807, 2.05) is 11.8 Å². The number of fused-ring (bicyclic) bond motifs is 2. The van der Waals surface area contributed by atoms with Gasteiger partial charge in [0.25, 0.3) is 0 Å². The smallest absolute Gasteiger partial charge is 0.0728 e. The Balaban J connectivity index is 1.83. The maximum atomic E-state index is 3.55. The van der Waals surface area contributed by atoms with E-state index in [2.05, 4.69) is 27.2 Å². The largest absolute Gasteiger partial charge is 0.360 e. The molecule has 3 aliphatic heterocycles. The summed E-state index contributed by atoms with van der Waals surface area (Å²) in [5.74, 6) is 0. The van der Waals surface area contributed by atoms with Crippen LogP contribution in [0, 0.1) is 0 Å². The lowest BCUT2D eigenvalue weighted by Gasteiger charge is -2.35. The molecule has 1 saturated carbocycles. The summed E-state index contributed by atoms with van der Waals surface area (Å²) in [7, 11) is 0. The van der Waals surface area contributed by atoms with Crippen LogP contribution in [0.2, 0.25) is 0 Å². The van der Waals surface area contributed by atoms with Crippen molar-refractivity contribution < 1.29 is 0 Å². The Morgan fingerprint density at radius 1 is 1.29 bits per heavy atom. The van der Waals surface area contributed by atoms with E-state index in [-0.39, 0.29) is 0 Å². The van der Waals surface area contributed by atoms with Gasteiger partial charge in [-0.3, -0.25) is 0 Å². The van der Waals surface area contributed by atoms with Crippen LogP contribution >= 0.6 is 11.8 Å². The normalized spacial score (nSPS) is 35.3. The van der Waals surface area contributed by atoms with E-state index in [0.29, 0.717) is 12.1 Å². The van der Waals surface area contributed by atoms with Crippen LogP contribution in [0.1, 0.15) is 25.7 Å². The van der Waals surface area contributed by atoms with Gasteiger partial charge in [0.1, 0.15) is 0 Å². The molecule has 0 spiro atoms. The van der Waals surface area contributed by atoms with E-state index in [4.69, 9.17) is 0 Å². The zero-order chi connectivity index (χ0) is 11.2. The number of piperidine rings is 1. The van der Waals surface area contributed by atoms with Gasteiger partial charge < -0.3 is 10.2 Å². The minimum Gasteiger partial charge on any atom is -0.360 e. The summed E-state index contributed by atoms with van der Waals surface area (Å²) in [4.78, 5) is 2.64. The van der Waals surface area contributed by atoms with Crippen LogP contribution in [0.5, 0.6) is 0 Å². The molecular formula is C14H18N2S. The van der Waals surface area contributed by atoms with E-state index in [0.717, 1.165) is 6.54 Å². The quantitative estimate of drug-likeness (QED) is 0.661. The summed E-state index contributed by atoms with van der Waals surface area (Å²) in [5.41, 5.74) is 5.11. The van der Waals surface area contributed by atoms with Crippen molar-refractivity contribution >= 4 is 11.8 Å². The number of thioether (sulfide) groups is 1. The lowest BCUT2D eigenvalue weighted by atomic mass is 9.85. The van der Waals surface area contributed by atoms with Crippen LogP contribution in [-0.2, 0) is 0 Å². The molecule has 0 unspecified atom stereocenters. The third kappa shape index (κ3) is 1.45. The van der Waals surface area contributed by atoms with Crippen LogP contribution < -0.4 is 5.32 Å². The first-order valence-corrected chi connectivity index (χ1v) is 7.60. The number of rotatable bonds is 0. The Labute approximate surface area is 107 Å². The third-order valence-electron chi connectivity index (χ3n) is 4.51. The summed E-state index contributed by atoms with van der Waals surface area (Å²) in [6.07, 6.45) is 7.59. The molecule has 17 heavy (non-hydrogen) atoms. The Kier molecular flexibility index (Phi) is 2.37. The minimum absolute atomic E-state index is 0.620. The third-order valence-corrected chi connectivity index (χ3v) is 5.22. The fourth-order valence-electron chi connectivity index (χ4n) is 3.82. The highest BCUT2D eigenvalue weighted by atomic mass is 32.2. The molecule has 0 bridgehead atoms. The molecule has 1 aliphatic carbocycles. The molecular weight excluding hydrogens is 228 g/mol. The van der Waals surface area contributed by atoms with Crippen LogP contribution in [0.15, 0.2) is 33.7 Å². The molecule has 1 N–H and O–H groups in total. The number of nitrogens with one attached hydrogen (secondary N) is 1. The molecule has 2 nitrogen and oxygen atoms in total. The molecule has 0 aromatic carbocycles. The Bertz CT molecular complexity index is 436. The van der Waals surface area contributed by atoms with E-state index in [1.165, 1.54) is 32.2 Å². The lowest BCUT2D eigenvalue weighted by Crippen LogP contribution is -2.41. The Morgan fingerprint density at radius 3 is 3.29 bits per heavy atom. The number of nitrogens with zero attached hydrogens (tertiary/aromatic N) is 1.